The molecule has 0 heterocycles. The van der Waals surface area contributed by atoms with Crippen LogP contribution in [-0.2, 0) is 6.18 Å². The number of halogens is 3. The van der Waals surface area contributed by atoms with Crippen molar-refractivity contribution < 1.29 is 18.1 Å². The predicted molar refractivity (Wildman–Crippen MR) is 73.1 cm³/mol. The van der Waals surface area contributed by atoms with Crippen LogP contribution < -0.4 is 5.73 Å². The highest BCUT2D eigenvalue weighted by Gasteiger charge is 2.30. The molecule has 22 heavy (non-hydrogen) atoms. The Hall–Kier alpha value is -2.97. The van der Waals surface area contributed by atoms with E-state index >= 15 is 0 Å². The summed E-state index contributed by atoms with van der Waals surface area (Å²) < 4.78 is 37.7. The SMILES string of the molecule is Nc1cc([N+](=O)[O-])ccc1N=Nc1cccc(C(F)(F)F)c1. The quantitative estimate of drug-likeness (QED) is 0.388. The molecule has 0 bridgehead atoms. The second-order valence-corrected chi connectivity index (χ2v) is 4.25. The molecule has 0 aliphatic rings. The third-order valence-corrected chi connectivity index (χ3v) is 2.67. The molecule has 0 fully saturated rings. The third-order valence-electron chi connectivity index (χ3n) is 2.67. The number of benzene rings is 2. The van der Waals surface area contributed by atoms with E-state index in [9.17, 15) is 23.3 Å². The molecule has 2 aromatic carbocycles. The molecule has 2 rings (SSSR count). The Bertz CT molecular complexity index is 744. The van der Waals surface area contributed by atoms with Crippen molar-refractivity contribution in [1.29, 1.82) is 0 Å². The third kappa shape index (κ3) is 3.57. The van der Waals surface area contributed by atoms with E-state index in [2.05, 4.69) is 10.2 Å². The number of nitro benzene ring substituents is 1. The molecule has 2 aromatic rings. The maximum atomic E-state index is 12.6. The highest BCUT2D eigenvalue weighted by Crippen LogP contribution is 2.32. The fraction of sp³-hybridized carbons (Fsp3) is 0.0769. The molecule has 2 N–H and O–H groups in total. The summed E-state index contributed by atoms with van der Waals surface area (Å²) in [5.74, 6) is 0. The van der Waals surface area contributed by atoms with Gasteiger partial charge in [-0.25, -0.2) is 0 Å². The van der Waals surface area contributed by atoms with Crippen LogP contribution >= 0.6 is 0 Å². The highest BCUT2D eigenvalue weighted by atomic mass is 19.4. The smallest absolute Gasteiger partial charge is 0.397 e. The number of hydrogen-bond acceptors (Lipinski definition) is 5. The summed E-state index contributed by atoms with van der Waals surface area (Å²) in [5.41, 5.74) is 4.65. The Kier molecular flexibility index (Phi) is 4.06. The van der Waals surface area contributed by atoms with Gasteiger partial charge in [0, 0.05) is 12.1 Å². The molecule has 6 nitrogen and oxygen atoms in total. The number of nitrogens with two attached hydrogens (primary N) is 1. The minimum absolute atomic E-state index is 0.00456. The van der Waals surface area contributed by atoms with E-state index in [0.29, 0.717) is 0 Å². The second-order valence-electron chi connectivity index (χ2n) is 4.25. The number of nitrogens with zero attached hydrogens (tertiary/aromatic N) is 3. The van der Waals surface area contributed by atoms with Crippen molar-refractivity contribution in [3.63, 3.8) is 0 Å². The first-order valence-electron chi connectivity index (χ1n) is 5.90. The van der Waals surface area contributed by atoms with E-state index in [4.69, 9.17) is 5.73 Å². The zero-order valence-electron chi connectivity index (χ0n) is 10.9. The van der Waals surface area contributed by atoms with E-state index in [0.717, 1.165) is 18.2 Å². The Morgan fingerprint density at radius 3 is 2.41 bits per heavy atom. The van der Waals surface area contributed by atoms with Crippen LogP contribution in [0.2, 0.25) is 0 Å². The first kappa shape index (κ1) is 15.4. The van der Waals surface area contributed by atoms with Gasteiger partial charge in [0.15, 0.2) is 0 Å². The zero-order chi connectivity index (χ0) is 16.3. The van der Waals surface area contributed by atoms with E-state index in [1.54, 1.807) is 0 Å². The van der Waals surface area contributed by atoms with Crippen LogP contribution in [-0.4, -0.2) is 4.92 Å². The molecule has 0 unspecified atom stereocenters. The van der Waals surface area contributed by atoms with Gasteiger partial charge in [-0.3, -0.25) is 10.1 Å². The van der Waals surface area contributed by atoms with Crippen molar-refractivity contribution in [3.8, 4) is 0 Å². The maximum Gasteiger partial charge on any atom is 0.416 e. The molecule has 0 spiro atoms. The number of alkyl halides is 3. The van der Waals surface area contributed by atoms with Crippen LogP contribution in [0.15, 0.2) is 52.7 Å². The summed E-state index contributed by atoms with van der Waals surface area (Å²) >= 11 is 0. The van der Waals surface area contributed by atoms with E-state index in [1.165, 1.54) is 24.3 Å². The number of hydrogen-bond donors (Lipinski definition) is 1. The topological polar surface area (TPSA) is 93.9 Å². The Labute approximate surface area is 122 Å². The lowest BCUT2D eigenvalue weighted by atomic mass is 10.2. The van der Waals surface area contributed by atoms with Crippen molar-refractivity contribution in [2.75, 3.05) is 5.73 Å². The van der Waals surface area contributed by atoms with Gasteiger partial charge in [-0.05, 0) is 24.3 Å². The van der Waals surface area contributed by atoms with Crippen LogP contribution in [0.4, 0.5) is 35.9 Å². The van der Waals surface area contributed by atoms with Crippen LogP contribution in [0.5, 0.6) is 0 Å². The number of nitro groups is 1. The summed E-state index contributed by atoms with van der Waals surface area (Å²) in [6, 6.07) is 7.85. The highest BCUT2D eigenvalue weighted by molar-refractivity contribution is 5.66. The van der Waals surface area contributed by atoms with Crippen LogP contribution in [0.3, 0.4) is 0 Å². The molecule has 0 aromatic heterocycles. The summed E-state index contributed by atoms with van der Waals surface area (Å²) in [7, 11) is 0. The summed E-state index contributed by atoms with van der Waals surface area (Å²) in [4.78, 5) is 9.94. The molecule has 0 atom stereocenters. The van der Waals surface area contributed by atoms with E-state index in [-0.39, 0.29) is 22.7 Å². The van der Waals surface area contributed by atoms with Crippen molar-refractivity contribution in [2.45, 2.75) is 6.18 Å². The van der Waals surface area contributed by atoms with Gasteiger partial charge in [0.1, 0.15) is 5.69 Å². The predicted octanol–water partition coefficient (Wildman–Crippen LogP) is 4.61. The number of rotatable bonds is 3. The van der Waals surface area contributed by atoms with Gasteiger partial charge in [0.25, 0.3) is 5.69 Å². The molecule has 0 radical (unpaired) electrons. The van der Waals surface area contributed by atoms with Gasteiger partial charge in [-0.2, -0.15) is 18.3 Å². The van der Waals surface area contributed by atoms with Crippen LogP contribution in [0.25, 0.3) is 0 Å². The molecule has 0 aliphatic carbocycles. The van der Waals surface area contributed by atoms with Crippen molar-refractivity contribution >= 4 is 22.7 Å². The standard InChI is InChI=1S/C13H9F3N4O2/c14-13(15,16)8-2-1-3-9(6-8)18-19-12-5-4-10(20(21)22)7-11(12)17/h1-7H,17H2. The molecular formula is C13H9F3N4O2. The van der Waals surface area contributed by atoms with Gasteiger partial charge in [-0.15, -0.1) is 5.11 Å². The lowest BCUT2D eigenvalue weighted by molar-refractivity contribution is -0.384. The monoisotopic (exact) mass is 310 g/mol. The largest absolute Gasteiger partial charge is 0.416 e. The van der Waals surface area contributed by atoms with Crippen molar-refractivity contribution in [2.24, 2.45) is 10.2 Å². The molecule has 0 aliphatic heterocycles. The minimum atomic E-state index is -4.47. The number of non-ortho nitro benzene ring substituents is 1. The Balaban J connectivity index is 2.27. The van der Waals surface area contributed by atoms with Crippen LogP contribution in [0.1, 0.15) is 5.56 Å². The molecule has 114 valence electrons. The first-order chi connectivity index (χ1) is 10.3. The number of nitrogen functional groups attached to an aromatic ring is 1. The van der Waals surface area contributed by atoms with Gasteiger partial charge >= 0.3 is 6.18 Å². The average Bonchev–Trinajstić information content (AvgIpc) is 2.45. The Morgan fingerprint density at radius 1 is 1.09 bits per heavy atom. The maximum absolute atomic E-state index is 12.6. The first-order valence-corrected chi connectivity index (χ1v) is 5.90. The van der Waals surface area contributed by atoms with Crippen molar-refractivity contribution in [1.82, 2.24) is 0 Å². The lowest BCUT2D eigenvalue weighted by Crippen LogP contribution is -2.03. The van der Waals surface area contributed by atoms with E-state index in [1.807, 2.05) is 0 Å². The van der Waals surface area contributed by atoms with Gasteiger partial charge in [0.2, 0.25) is 0 Å². The van der Waals surface area contributed by atoms with E-state index < -0.39 is 16.7 Å². The van der Waals surface area contributed by atoms with Gasteiger partial charge < -0.3 is 5.73 Å². The fourth-order valence-corrected chi connectivity index (χ4v) is 1.60. The Morgan fingerprint density at radius 2 is 1.82 bits per heavy atom. The molecule has 9 heteroatoms. The molecule has 0 saturated heterocycles. The summed E-state index contributed by atoms with van der Waals surface area (Å²) in [5, 5.41) is 17.9. The second kappa shape index (κ2) is 5.80. The molecule has 0 amide bonds. The van der Waals surface area contributed by atoms with Crippen LogP contribution in [0, 0.1) is 10.1 Å². The molecule has 0 saturated carbocycles. The fourth-order valence-electron chi connectivity index (χ4n) is 1.60. The number of anilines is 1. The lowest BCUT2D eigenvalue weighted by Gasteiger charge is -2.06. The number of azo groups is 1. The van der Waals surface area contributed by atoms with Gasteiger partial charge in [-0.1, -0.05) is 6.07 Å². The van der Waals surface area contributed by atoms with Crippen molar-refractivity contribution in [3.05, 3.63) is 58.1 Å². The average molecular weight is 310 g/mol. The normalized spacial score (nSPS) is 11.8. The van der Waals surface area contributed by atoms with Gasteiger partial charge in [0.05, 0.1) is 21.9 Å². The zero-order valence-corrected chi connectivity index (χ0v) is 10.9. The summed E-state index contributed by atoms with van der Waals surface area (Å²) in [6.07, 6.45) is -4.47. The minimum Gasteiger partial charge on any atom is -0.397 e. The summed E-state index contributed by atoms with van der Waals surface area (Å²) in [6.45, 7) is 0. The molecular weight excluding hydrogens is 301 g/mol.